The molecule has 2 aliphatic carbocycles. The number of rotatable bonds is 3. The molecule has 27 heavy (non-hydrogen) atoms. The van der Waals surface area contributed by atoms with Gasteiger partial charge in [-0.05, 0) is 47.0 Å². The summed E-state index contributed by atoms with van der Waals surface area (Å²) in [4.78, 5) is 8.01. The van der Waals surface area contributed by atoms with Crippen molar-refractivity contribution in [2.45, 2.75) is 71.1 Å². The molecule has 2 nitrogen and oxygen atoms in total. The van der Waals surface area contributed by atoms with Crippen LogP contribution < -0.4 is 0 Å². The van der Waals surface area contributed by atoms with Crippen molar-refractivity contribution in [3.8, 4) is 0 Å². The Labute approximate surface area is 186 Å². The van der Waals surface area contributed by atoms with E-state index in [-0.39, 0.29) is 49.5 Å². The molecule has 1 spiro atoms. The van der Waals surface area contributed by atoms with E-state index in [4.69, 9.17) is 4.98 Å². The van der Waals surface area contributed by atoms with Gasteiger partial charge < -0.3 is 27.3 Å². The van der Waals surface area contributed by atoms with Gasteiger partial charge >= 0.3 is 21.7 Å². The molecule has 3 aliphatic rings. The van der Waals surface area contributed by atoms with Crippen molar-refractivity contribution in [3.63, 3.8) is 0 Å². The minimum atomic E-state index is -1.71. The van der Waals surface area contributed by atoms with Crippen molar-refractivity contribution in [2.75, 3.05) is 13.1 Å². The molecule has 0 saturated carbocycles. The van der Waals surface area contributed by atoms with Crippen molar-refractivity contribution in [3.05, 3.63) is 62.8 Å². The average molecular weight is 423 g/mol. The van der Waals surface area contributed by atoms with Crippen LogP contribution in [0, 0.1) is 27.7 Å². The van der Waals surface area contributed by atoms with Crippen molar-refractivity contribution in [1.82, 2.24) is 4.90 Å². The number of hydrogen-bond donors (Lipinski definition) is 0. The van der Waals surface area contributed by atoms with Crippen molar-refractivity contribution >= 4 is 8.24 Å². The predicted octanol–water partition coefficient (Wildman–Crippen LogP) is 6.55. The van der Waals surface area contributed by atoms with E-state index in [9.17, 15) is 0 Å². The fourth-order valence-corrected chi connectivity index (χ4v) is 7.87. The molecule has 1 aliphatic heterocycles. The number of allylic oxidation sites excluding steroid dienone is 4. The van der Waals surface area contributed by atoms with E-state index in [1.807, 2.05) is 0 Å². The second-order valence-corrected chi connectivity index (χ2v) is 13.1. The summed E-state index contributed by atoms with van der Waals surface area (Å²) in [5.41, 5.74) is 0.365. The first-order valence-corrected chi connectivity index (χ1v) is 12.2. The van der Waals surface area contributed by atoms with Gasteiger partial charge in [0.15, 0.2) is 0 Å². The van der Waals surface area contributed by atoms with Crippen LogP contribution in [-0.4, -0.2) is 37.8 Å². The summed E-state index contributed by atoms with van der Waals surface area (Å²) in [5.74, 6) is 0. The van der Waals surface area contributed by atoms with E-state index in [0.29, 0.717) is 11.5 Å². The van der Waals surface area contributed by atoms with Crippen molar-refractivity contribution < 1.29 is 21.7 Å². The Morgan fingerprint density at radius 1 is 1.07 bits per heavy atom. The van der Waals surface area contributed by atoms with Gasteiger partial charge in [0.25, 0.3) is 0 Å². The van der Waals surface area contributed by atoms with E-state index in [0.717, 1.165) is 0 Å². The molecule has 0 aromatic rings. The van der Waals surface area contributed by atoms with Gasteiger partial charge in [-0.1, -0.05) is 64.2 Å². The van der Waals surface area contributed by atoms with Crippen LogP contribution >= 0.6 is 0 Å². The van der Waals surface area contributed by atoms with E-state index < -0.39 is 8.24 Å². The molecular weight excluding hydrogens is 380 g/mol. The van der Waals surface area contributed by atoms with E-state index >= 15 is 0 Å². The quantitative estimate of drug-likeness (QED) is 0.372. The van der Waals surface area contributed by atoms with E-state index in [1.165, 1.54) is 38.8 Å². The maximum Gasteiger partial charge on any atom is 4.00 e. The largest absolute Gasteiger partial charge is 4.00 e. The second kappa shape index (κ2) is 10.7. The van der Waals surface area contributed by atoms with Crippen LogP contribution in [0.5, 0.6) is 0 Å². The zero-order chi connectivity index (χ0) is 16.7. The first-order valence-electron chi connectivity index (χ1n) is 9.26. The summed E-state index contributed by atoms with van der Waals surface area (Å²) < 4.78 is 0. The monoisotopic (exact) mass is 422 g/mol. The molecule has 0 amide bonds. The van der Waals surface area contributed by atoms with Gasteiger partial charge in [0, 0.05) is 11.5 Å². The van der Waals surface area contributed by atoms with Crippen LogP contribution in [0.4, 0.5) is 0 Å². The topological polar surface area (TPSA) is 17.3 Å². The SMILES string of the molecule is CC(C)(C)[N-][Si](C)(C)C1=CC(N2CCCC2)C2(C=CC=CC2)C1.[CH3-].[CH3-].[CH3-].[Ti+4]. The average Bonchev–Trinajstić information content (AvgIpc) is 3.05. The Morgan fingerprint density at radius 3 is 2.15 bits per heavy atom. The molecule has 152 valence electrons. The molecule has 4 heteroatoms. The van der Waals surface area contributed by atoms with Gasteiger partial charge in [0.05, 0.1) is 0 Å². The van der Waals surface area contributed by atoms with Gasteiger partial charge in [-0.3, -0.25) is 4.90 Å². The third-order valence-electron chi connectivity index (χ3n) is 5.58. The minimum absolute atomic E-state index is 0. The van der Waals surface area contributed by atoms with E-state index in [1.54, 1.807) is 5.20 Å². The Balaban J connectivity index is 0. The third-order valence-corrected chi connectivity index (χ3v) is 8.72. The third kappa shape index (κ3) is 6.54. The maximum absolute atomic E-state index is 5.27. The van der Waals surface area contributed by atoms with E-state index in [2.05, 4.69) is 69.1 Å². The van der Waals surface area contributed by atoms with Crippen LogP contribution in [0.15, 0.2) is 35.6 Å². The second-order valence-electron chi connectivity index (χ2n) is 9.12. The van der Waals surface area contributed by atoms with Gasteiger partial charge in [0.1, 0.15) is 0 Å². The fourth-order valence-electron chi connectivity index (χ4n) is 4.73. The summed E-state index contributed by atoms with van der Waals surface area (Å²) in [6, 6.07) is 0.586. The van der Waals surface area contributed by atoms with Crippen molar-refractivity contribution in [2.24, 2.45) is 5.41 Å². The van der Waals surface area contributed by atoms with Crippen LogP contribution in [0.25, 0.3) is 4.98 Å². The van der Waals surface area contributed by atoms with Gasteiger partial charge in [0.2, 0.25) is 0 Å². The molecule has 3 rings (SSSR count). The number of likely N-dealkylation sites (tertiary alicyclic amines) is 1. The molecule has 0 aromatic carbocycles. The van der Waals surface area contributed by atoms with Gasteiger partial charge in [-0.2, -0.15) is 0 Å². The molecule has 0 N–H and O–H groups in total. The molecule has 0 aromatic heterocycles. The summed E-state index contributed by atoms with van der Waals surface area (Å²) in [7, 11) is -1.71. The molecular formula is C23H42N2SiTi. The van der Waals surface area contributed by atoms with Gasteiger partial charge in [-0.15, -0.1) is 10.7 Å². The fraction of sp³-hybridized carbons (Fsp3) is 0.609. The Kier molecular flexibility index (Phi) is 11.6. The normalized spacial score (nSPS) is 27.3. The van der Waals surface area contributed by atoms with Crippen LogP contribution in [0.1, 0.15) is 46.5 Å². The molecule has 2 unspecified atom stereocenters. The molecule has 2 atom stereocenters. The maximum atomic E-state index is 5.27. The minimum Gasteiger partial charge on any atom is -0.656 e. The first-order chi connectivity index (χ1) is 10.7. The number of hydrogen-bond acceptors (Lipinski definition) is 1. The van der Waals surface area contributed by atoms with Crippen LogP contribution in [0.2, 0.25) is 13.1 Å². The Hall–Kier alpha value is 0.0712. The predicted molar refractivity (Wildman–Crippen MR) is 122 cm³/mol. The summed E-state index contributed by atoms with van der Waals surface area (Å²) in [6.45, 7) is 14.1. The van der Waals surface area contributed by atoms with Crippen LogP contribution in [-0.2, 0) is 21.7 Å². The van der Waals surface area contributed by atoms with Crippen molar-refractivity contribution in [1.29, 1.82) is 0 Å². The smallest absolute Gasteiger partial charge is 0.656 e. The summed E-state index contributed by atoms with van der Waals surface area (Å²) in [5, 5.41) is 1.67. The molecule has 1 heterocycles. The molecule has 0 radical (unpaired) electrons. The molecule has 0 bridgehead atoms. The Bertz CT molecular complexity index is 539. The first kappa shape index (κ1) is 29.3. The summed E-state index contributed by atoms with van der Waals surface area (Å²) >= 11 is 0. The standard InChI is InChI=1S/C20H33N2Si.3CH3.Ti/c1-19(2,3)21-23(4,5)17-15-18(22-13-9-10-14-22)20(16-17)11-7-6-8-12-20;;;;/h6-8,11,15,18H,9-10,12-14,16H2,1-5H3;3*1H3;/q4*-1;+4. The van der Waals surface area contributed by atoms with Crippen LogP contribution in [0.3, 0.4) is 0 Å². The zero-order valence-electron chi connectivity index (χ0n) is 19.1. The number of nitrogens with zero attached hydrogens (tertiary/aromatic N) is 2. The Morgan fingerprint density at radius 2 is 1.67 bits per heavy atom. The summed E-state index contributed by atoms with van der Waals surface area (Å²) in [6.07, 6.45) is 17.1. The molecule has 1 saturated heterocycles. The zero-order valence-corrected chi connectivity index (χ0v) is 21.7. The van der Waals surface area contributed by atoms with Gasteiger partial charge in [-0.25, -0.2) is 0 Å². The molecule has 1 fully saturated rings.